The minimum absolute atomic E-state index is 0.792. The standard InChI is InChI=1S/C4H5NOS/c6-3-4-1-2-5-7-4/h1,3,5H,2H2. The van der Waals surface area contributed by atoms with Crippen molar-refractivity contribution < 1.29 is 4.79 Å². The maximum atomic E-state index is 9.88. The van der Waals surface area contributed by atoms with Crippen molar-refractivity contribution in [2.75, 3.05) is 6.54 Å². The molecule has 1 heterocycles. The molecule has 1 N–H and O–H groups in total. The van der Waals surface area contributed by atoms with Gasteiger partial charge in [0.25, 0.3) is 0 Å². The SMILES string of the molecule is O=CC1=CCNS1. The average molecular weight is 115 g/mol. The third-order valence-electron chi connectivity index (χ3n) is 0.693. The number of hydrogen-bond donors (Lipinski definition) is 1. The highest BCUT2D eigenvalue weighted by Crippen LogP contribution is 2.12. The predicted molar refractivity (Wildman–Crippen MR) is 29.7 cm³/mol. The second kappa shape index (κ2) is 2.14. The average Bonchev–Trinajstić information content (AvgIpc) is 2.14. The van der Waals surface area contributed by atoms with Gasteiger partial charge in [0.1, 0.15) is 0 Å². The van der Waals surface area contributed by atoms with Crippen LogP contribution in [0.25, 0.3) is 0 Å². The summed E-state index contributed by atoms with van der Waals surface area (Å²) in [5.74, 6) is 0. The first kappa shape index (κ1) is 4.87. The number of carbonyl (C=O) groups excluding carboxylic acids is 1. The van der Waals surface area contributed by atoms with Crippen LogP contribution in [0.3, 0.4) is 0 Å². The minimum Gasteiger partial charge on any atom is -0.297 e. The van der Waals surface area contributed by atoms with E-state index in [2.05, 4.69) is 4.72 Å². The van der Waals surface area contributed by atoms with E-state index in [1.165, 1.54) is 11.9 Å². The second-order valence-corrected chi connectivity index (χ2v) is 2.14. The van der Waals surface area contributed by atoms with E-state index in [-0.39, 0.29) is 0 Å². The molecule has 0 unspecified atom stereocenters. The lowest BCUT2D eigenvalue weighted by molar-refractivity contribution is -0.104. The van der Waals surface area contributed by atoms with Crippen LogP contribution in [0.2, 0.25) is 0 Å². The van der Waals surface area contributed by atoms with Gasteiger partial charge in [0.05, 0.1) is 4.91 Å². The van der Waals surface area contributed by atoms with Gasteiger partial charge in [-0.25, -0.2) is 0 Å². The molecule has 2 nitrogen and oxygen atoms in total. The molecule has 0 fully saturated rings. The zero-order valence-electron chi connectivity index (χ0n) is 3.68. The van der Waals surface area contributed by atoms with Crippen LogP contribution in [-0.4, -0.2) is 12.8 Å². The van der Waals surface area contributed by atoms with E-state index in [9.17, 15) is 4.79 Å². The third kappa shape index (κ3) is 1.04. The Morgan fingerprint density at radius 1 is 2.00 bits per heavy atom. The molecule has 1 rings (SSSR count). The molecule has 0 amide bonds. The lowest BCUT2D eigenvalue weighted by Gasteiger charge is -1.81. The maximum Gasteiger partial charge on any atom is 0.157 e. The Hall–Kier alpha value is -0.280. The van der Waals surface area contributed by atoms with E-state index in [0.29, 0.717) is 0 Å². The summed E-state index contributed by atoms with van der Waals surface area (Å²) >= 11 is 1.39. The van der Waals surface area contributed by atoms with E-state index >= 15 is 0 Å². The summed E-state index contributed by atoms with van der Waals surface area (Å²) in [5.41, 5.74) is 0. The van der Waals surface area contributed by atoms with Crippen molar-refractivity contribution in [3.05, 3.63) is 11.0 Å². The van der Waals surface area contributed by atoms with Crippen molar-refractivity contribution in [2.24, 2.45) is 0 Å². The predicted octanol–water partition coefficient (Wildman–Crippen LogP) is 0.321. The van der Waals surface area contributed by atoms with Crippen molar-refractivity contribution in [2.45, 2.75) is 0 Å². The maximum absolute atomic E-state index is 9.88. The fourth-order valence-electron chi connectivity index (χ4n) is 0.381. The Labute approximate surface area is 46.1 Å². The van der Waals surface area contributed by atoms with Crippen LogP contribution >= 0.6 is 11.9 Å². The Morgan fingerprint density at radius 2 is 2.86 bits per heavy atom. The molecule has 1 aliphatic rings. The number of rotatable bonds is 1. The molecule has 0 atom stereocenters. The van der Waals surface area contributed by atoms with Crippen LogP contribution in [0.5, 0.6) is 0 Å². The summed E-state index contributed by atoms with van der Waals surface area (Å²) in [5, 5.41) is 0. The van der Waals surface area contributed by atoms with Crippen molar-refractivity contribution in [3.63, 3.8) is 0 Å². The summed E-state index contributed by atoms with van der Waals surface area (Å²) in [6, 6.07) is 0. The highest BCUT2D eigenvalue weighted by molar-refractivity contribution is 8.02. The van der Waals surface area contributed by atoms with Gasteiger partial charge in [-0.2, -0.15) is 0 Å². The van der Waals surface area contributed by atoms with E-state index in [0.717, 1.165) is 17.7 Å². The third-order valence-corrected chi connectivity index (χ3v) is 1.50. The lowest BCUT2D eigenvalue weighted by atomic mass is 10.5. The van der Waals surface area contributed by atoms with Gasteiger partial charge in [-0.1, -0.05) is 6.08 Å². The molecular formula is C4H5NOS. The van der Waals surface area contributed by atoms with E-state index < -0.39 is 0 Å². The quantitative estimate of drug-likeness (QED) is 0.394. The zero-order valence-corrected chi connectivity index (χ0v) is 4.49. The largest absolute Gasteiger partial charge is 0.297 e. The van der Waals surface area contributed by atoms with Crippen LogP contribution in [0.4, 0.5) is 0 Å². The van der Waals surface area contributed by atoms with Crippen molar-refractivity contribution in [1.82, 2.24) is 4.72 Å². The van der Waals surface area contributed by atoms with Crippen LogP contribution in [0.1, 0.15) is 0 Å². The smallest absolute Gasteiger partial charge is 0.157 e. The van der Waals surface area contributed by atoms with Crippen LogP contribution in [-0.2, 0) is 4.79 Å². The molecule has 0 saturated carbocycles. The topological polar surface area (TPSA) is 29.1 Å². The van der Waals surface area contributed by atoms with Gasteiger partial charge >= 0.3 is 0 Å². The number of aldehydes is 1. The van der Waals surface area contributed by atoms with Crippen LogP contribution in [0, 0.1) is 0 Å². The normalized spacial score (nSPS) is 19.1. The molecular weight excluding hydrogens is 110 g/mol. The first-order valence-electron chi connectivity index (χ1n) is 1.98. The summed E-state index contributed by atoms with van der Waals surface area (Å²) in [4.78, 5) is 10.7. The highest BCUT2D eigenvalue weighted by atomic mass is 32.2. The van der Waals surface area contributed by atoms with Gasteiger partial charge < -0.3 is 0 Å². The van der Waals surface area contributed by atoms with Crippen LogP contribution < -0.4 is 4.72 Å². The molecule has 0 aromatic rings. The molecule has 0 radical (unpaired) electrons. The molecule has 0 bridgehead atoms. The minimum atomic E-state index is 0.792. The van der Waals surface area contributed by atoms with Gasteiger partial charge in [0, 0.05) is 6.54 Å². The molecule has 7 heavy (non-hydrogen) atoms. The molecule has 38 valence electrons. The number of allylic oxidation sites excluding steroid dienone is 1. The first-order valence-corrected chi connectivity index (χ1v) is 2.80. The molecule has 0 aliphatic carbocycles. The fraction of sp³-hybridized carbons (Fsp3) is 0.250. The van der Waals surface area contributed by atoms with Gasteiger partial charge in [-0.05, 0) is 11.9 Å². The van der Waals surface area contributed by atoms with Crippen molar-refractivity contribution in [3.8, 4) is 0 Å². The summed E-state index contributed by atoms with van der Waals surface area (Å²) < 4.78 is 2.92. The molecule has 0 saturated heterocycles. The summed E-state index contributed by atoms with van der Waals surface area (Å²) in [6.07, 6.45) is 2.71. The molecule has 3 heteroatoms. The number of hydrogen-bond acceptors (Lipinski definition) is 3. The Kier molecular flexibility index (Phi) is 1.49. The van der Waals surface area contributed by atoms with Crippen LogP contribution in [0.15, 0.2) is 11.0 Å². The molecule has 0 aromatic carbocycles. The Bertz CT molecular complexity index is 110. The van der Waals surface area contributed by atoms with E-state index in [4.69, 9.17) is 0 Å². The summed E-state index contributed by atoms with van der Waals surface area (Å²) in [6.45, 7) is 0.818. The molecule has 0 aromatic heterocycles. The van der Waals surface area contributed by atoms with Gasteiger partial charge in [-0.15, -0.1) is 0 Å². The van der Waals surface area contributed by atoms with Crippen molar-refractivity contribution >= 4 is 18.2 Å². The van der Waals surface area contributed by atoms with E-state index in [1.54, 1.807) is 0 Å². The van der Waals surface area contributed by atoms with E-state index in [1.807, 2.05) is 6.08 Å². The Morgan fingerprint density at radius 3 is 3.14 bits per heavy atom. The second-order valence-electron chi connectivity index (χ2n) is 1.17. The van der Waals surface area contributed by atoms with Gasteiger partial charge in [0.15, 0.2) is 6.29 Å². The van der Waals surface area contributed by atoms with Gasteiger partial charge in [-0.3, -0.25) is 9.52 Å². The fourth-order valence-corrected chi connectivity index (χ4v) is 0.929. The highest BCUT2D eigenvalue weighted by Gasteiger charge is 1.99. The lowest BCUT2D eigenvalue weighted by Crippen LogP contribution is -1.92. The zero-order chi connectivity index (χ0) is 5.11. The number of nitrogens with one attached hydrogen (secondary N) is 1. The van der Waals surface area contributed by atoms with Gasteiger partial charge in [0.2, 0.25) is 0 Å². The van der Waals surface area contributed by atoms with Crippen molar-refractivity contribution in [1.29, 1.82) is 0 Å². The molecule has 0 spiro atoms. The molecule has 1 aliphatic heterocycles. The Balaban J connectivity index is 2.51. The number of carbonyl (C=O) groups is 1. The monoisotopic (exact) mass is 115 g/mol. The first-order chi connectivity index (χ1) is 3.43. The summed E-state index contributed by atoms with van der Waals surface area (Å²) in [7, 11) is 0.